The minimum atomic E-state index is -0.477. The Hall–Kier alpha value is -2.68. The summed E-state index contributed by atoms with van der Waals surface area (Å²) in [4.78, 5) is 19.9. The summed E-state index contributed by atoms with van der Waals surface area (Å²) >= 11 is 3.19. The number of para-hydroxylation sites is 1. The van der Waals surface area contributed by atoms with E-state index >= 15 is 0 Å². The van der Waals surface area contributed by atoms with Crippen LogP contribution in [0.1, 0.15) is 11.1 Å². The van der Waals surface area contributed by atoms with Crippen molar-refractivity contribution in [1.29, 1.82) is 0 Å². The van der Waals surface area contributed by atoms with Gasteiger partial charge < -0.3 is 11.5 Å². The second-order valence-electron chi connectivity index (χ2n) is 4.64. The van der Waals surface area contributed by atoms with Crippen molar-refractivity contribution in [1.82, 2.24) is 0 Å². The van der Waals surface area contributed by atoms with E-state index in [1.54, 1.807) is 32.0 Å². The second-order valence-corrected chi connectivity index (χ2v) is 5.49. The van der Waals surface area contributed by atoms with Gasteiger partial charge >= 0.3 is 0 Å². The van der Waals surface area contributed by atoms with Gasteiger partial charge in [0.15, 0.2) is 0 Å². The Bertz CT molecular complexity index is 744. The fourth-order valence-corrected chi connectivity index (χ4v) is 2.19. The number of nitrogen functional groups attached to an aromatic ring is 2. The molecule has 2 rings (SSSR count). The Kier molecular flexibility index (Phi) is 6.02. The van der Waals surface area contributed by atoms with E-state index in [1.165, 1.54) is 12.1 Å². The highest BCUT2D eigenvalue weighted by Gasteiger charge is 2.16. The summed E-state index contributed by atoms with van der Waals surface area (Å²) in [6.45, 7) is 3.31. The lowest BCUT2D eigenvalue weighted by Crippen LogP contribution is -1.98. The maximum absolute atomic E-state index is 10.5. The number of nitrogens with two attached hydrogens (primary N) is 2. The first-order valence-corrected chi connectivity index (χ1v) is 7.14. The number of nitrogens with zero attached hydrogens (tertiary/aromatic N) is 2. The quantitative estimate of drug-likeness (QED) is 0.460. The molecule has 0 aliphatic heterocycles. The van der Waals surface area contributed by atoms with E-state index in [2.05, 4.69) is 15.9 Å². The van der Waals surface area contributed by atoms with Crippen LogP contribution in [-0.4, -0.2) is 9.85 Å². The number of benzene rings is 2. The Morgan fingerprint density at radius 2 is 1.43 bits per heavy atom. The van der Waals surface area contributed by atoms with Crippen LogP contribution >= 0.6 is 15.9 Å². The van der Waals surface area contributed by atoms with Crippen molar-refractivity contribution in [3.8, 4) is 0 Å². The van der Waals surface area contributed by atoms with Crippen LogP contribution < -0.4 is 11.5 Å². The standard InChI is InChI=1S/C7H7BrN2O2.C7H8N2O2/c1-4-5(8)2-3-6(9)7(4)10(11)12;1-5-3-2-4-6(8)7(5)9(10)11/h2-3H,9H2,1H3;2-4H,8H2,1H3. The van der Waals surface area contributed by atoms with Gasteiger partial charge in [0.05, 0.1) is 9.85 Å². The highest BCUT2D eigenvalue weighted by atomic mass is 79.9. The summed E-state index contributed by atoms with van der Waals surface area (Å²) < 4.78 is 0.698. The van der Waals surface area contributed by atoms with Crippen LogP contribution in [0, 0.1) is 34.1 Å². The predicted molar refractivity (Wildman–Crippen MR) is 92.2 cm³/mol. The summed E-state index contributed by atoms with van der Waals surface area (Å²) in [5.74, 6) is 0. The molecule has 0 aromatic heterocycles. The van der Waals surface area contributed by atoms with Gasteiger partial charge in [0.2, 0.25) is 0 Å². The summed E-state index contributed by atoms with van der Waals surface area (Å²) in [5.41, 5.74) is 12.4. The predicted octanol–water partition coefficient (Wildman–Crippen LogP) is 3.73. The minimum absolute atomic E-state index is 0.00694. The Morgan fingerprint density at radius 1 is 0.913 bits per heavy atom. The molecule has 4 N–H and O–H groups in total. The Morgan fingerprint density at radius 3 is 1.83 bits per heavy atom. The van der Waals surface area contributed by atoms with Crippen LogP contribution in [0.25, 0.3) is 0 Å². The molecule has 0 bridgehead atoms. The average Bonchev–Trinajstić information content (AvgIpc) is 2.43. The van der Waals surface area contributed by atoms with E-state index in [0.29, 0.717) is 15.6 Å². The topological polar surface area (TPSA) is 138 Å². The first-order chi connectivity index (χ1) is 10.7. The lowest BCUT2D eigenvalue weighted by atomic mass is 10.2. The van der Waals surface area contributed by atoms with Gasteiger partial charge in [0.25, 0.3) is 11.4 Å². The number of nitro benzene ring substituents is 2. The number of nitro groups is 2. The Labute approximate surface area is 140 Å². The van der Waals surface area contributed by atoms with Crippen LogP contribution in [0.2, 0.25) is 0 Å². The maximum atomic E-state index is 10.5. The molecule has 2 aromatic rings. The third-order valence-electron chi connectivity index (χ3n) is 3.03. The van der Waals surface area contributed by atoms with E-state index in [1.807, 2.05) is 0 Å². The van der Waals surface area contributed by atoms with Crippen molar-refractivity contribution in [3.63, 3.8) is 0 Å². The molecule has 0 radical (unpaired) electrons. The minimum Gasteiger partial charge on any atom is -0.393 e. The molecule has 0 saturated carbocycles. The molecule has 0 spiro atoms. The lowest BCUT2D eigenvalue weighted by Gasteiger charge is -2.01. The summed E-state index contributed by atoms with van der Waals surface area (Å²) in [6, 6.07) is 8.07. The average molecular weight is 383 g/mol. The molecular weight excluding hydrogens is 368 g/mol. The first kappa shape index (κ1) is 18.4. The van der Waals surface area contributed by atoms with Crippen molar-refractivity contribution in [3.05, 3.63) is 66.2 Å². The fraction of sp³-hybridized carbons (Fsp3) is 0.143. The molecule has 122 valence electrons. The highest BCUT2D eigenvalue weighted by molar-refractivity contribution is 9.10. The van der Waals surface area contributed by atoms with Crippen LogP contribution in [0.5, 0.6) is 0 Å². The first-order valence-electron chi connectivity index (χ1n) is 6.35. The molecule has 0 aliphatic carbocycles. The molecule has 0 amide bonds. The third-order valence-corrected chi connectivity index (χ3v) is 3.89. The van der Waals surface area contributed by atoms with Crippen LogP contribution in [0.15, 0.2) is 34.8 Å². The summed E-state index contributed by atoms with van der Waals surface area (Å²) in [7, 11) is 0. The van der Waals surface area contributed by atoms with Crippen molar-refractivity contribution in [2.45, 2.75) is 13.8 Å². The van der Waals surface area contributed by atoms with Crippen molar-refractivity contribution in [2.75, 3.05) is 11.5 Å². The van der Waals surface area contributed by atoms with Crippen LogP contribution in [-0.2, 0) is 0 Å². The maximum Gasteiger partial charge on any atom is 0.296 e. The molecule has 2 aromatic carbocycles. The molecule has 0 heterocycles. The van der Waals surface area contributed by atoms with Gasteiger partial charge in [-0.3, -0.25) is 20.2 Å². The molecule has 0 aliphatic rings. The monoisotopic (exact) mass is 382 g/mol. The van der Waals surface area contributed by atoms with E-state index in [9.17, 15) is 20.2 Å². The number of rotatable bonds is 2. The number of aryl methyl sites for hydroxylation is 1. The molecule has 0 fully saturated rings. The van der Waals surface area contributed by atoms with Crippen molar-refractivity contribution < 1.29 is 9.85 Å². The zero-order valence-electron chi connectivity index (χ0n) is 12.4. The van der Waals surface area contributed by atoms with Gasteiger partial charge in [0, 0.05) is 15.6 Å². The molecule has 0 atom stereocenters. The normalized spacial score (nSPS) is 9.70. The number of halogens is 1. The van der Waals surface area contributed by atoms with Gasteiger partial charge in [-0.15, -0.1) is 0 Å². The molecule has 8 nitrogen and oxygen atoms in total. The van der Waals surface area contributed by atoms with Gasteiger partial charge in [-0.2, -0.15) is 0 Å². The highest BCUT2D eigenvalue weighted by Crippen LogP contribution is 2.31. The molecule has 23 heavy (non-hydrogen) atoms. The summed E-state index contributed by atoms with van der Waals surface area (Å²) in [6.07, 6.45) is 0. The van der Waals surface area contributed by atoms with Gasteiger partial charge in [-0.1, -0.05) is 28.1 Å². The van der Waals surface area contributed by atoms with Crippen LogP contribution in [0.4, 0.5) is 22.7 Å². The lowest BCUT2D eigenvalue weighted by molar-refractivity contribution is -0.384. The largest absolute Gasteiger partial charge is 0.393 e. The third kappa shape index (κ3) is 4.39. The van der Waals surface area contributed by atoms with Crippen molar-refractivity contribution >= 4 is 38.7 Å². The molecular formula is C14H15BrN4O4. The smallest absolute Gasteiger partial charge is 0.296 e. The SMILES string of the molecule is Cc1c(Br)ccc(N)c1[N+](=O)[O-].Cc1cccc(N)c1[N+](=O)[O-]. The van der Waals surface area contributed by atoms with Crippen molar-refractivity contribution in [2.24, 2.45) is 0 Å². The zero-order chi connectivity index (χ0) is 17.7. The van der Waals surface area contributed by atoms with Gasteiger partial charge in [-0.25, -0.2) is 0 Å². The van der Waals surface area contributed by atoms with Crippen LogP contribution in [0.3, 0.4) is 0 Å². The fourth-order valence-electron chi connectivity index (χ4n) is 1.87. The van der Waals surface area contributed by atoms with E-state index in [4.69, 9.17) is 11.5 Å². The zero-order valence-corrected chi connectivity index (χ0v) is 14.0. The molecule has 0 unspecified atom stereocenters. The number of hydrogen-bond donors (Lipinski definition) is 2. The number of anilines is 2. The number of hydrogen-bond acceptors (Lipinski definition) is 6. The molecule has 0 saturated heterocycles. The van der Waals surface area contributed by atoms with Gasteiger partial charge in [0.1, 0.15) is 11.4 Å². The van der Waals surface area contributed by atoms with E-state index in [-0.39, 0.29) is 22.7 Å². The Balaban J connectivity index is 0.000000231. The van der Waals surface area contributed by atoms with E-state index in [0.717, 1.165) is 0 Å². The summed E-state index contributed by atoms with van der Waals surface area (Å²) in [5, 5.41) is 20.9. The van der Waals surface area contributed by atoms with Gasteiger partial charge in [-0.05, 0) is 32.0 Å². The molecule has 9 heteroatoms. The second kappa shape index (κ2) is 7.54. The van der Waals surface area contributed by atoms with E-state index < -0.39 is 9.85 Å².